The topological polar surface area (TPSA) is 92.2 Å². The number of amides is 1. The van der Waals surface area contributed by atoms with Crippen molar-refractivity contribution in [3.8, 4) is 0 Å². The summed E-state index contributed by atoms with van der Waals surface area (Å²) in [4.78, 5) is 31.3. The van der Waals surface area contributed by atoms with Crippen molar-refractivity contribution in [2.24, 2.45) is 5.92 Å². The number of aromatic nitrogens is 2. The van der Waals surface area contributed by atoms with Gasteiger partial charge < -0.3 is 10.4 Å². The fraction of sp³-hybridized carbons (Fsp3) is 0.538. The molecule has 1 heterocycles. The summed E-state index contributed by atoms with van der Waals surface area (Å²) in [5.41, 5.74) is -0.00253. The van der Waals surface area contributed by atoms with Crippen LogP contribution in [0.5, 0.6) is 0 Å². The molecule has 0 aliphatic heterocycles. The van der Waals surface area contributed by atoms with E-state index in [1.54, 1.807) is 13.8 Å². The number of aliphatic carboxylic acids is 1. The number of nitrogens with one attached hydrogen (secondary N) is 1. The van der Waals surface area contributed by atoms with Crippen LogP contribution < -0.4 is 5.32 Å². The second-order valence-corrected chi connectivity index (χ2v) is 5.52. The van der Waals surface area contributed by atoms with Crippen molar-refractivity contribution in [3.05, 3.63) is 22.7 Å². The molecule has 0 spiro atoms. The van der Waals surface area contributed by atoms with E-state index in [0.717, 1.165) is 0 Å². The first kappa shape index (κ1) is 16.4. The van der Waals surface area contributed by atoms with Crippen molar-refractivity contribution in [1.82, 2.24) is 15.3 Å². The lowest BCUT2D eigenvalue weighted by molar-refractivity contribution is -0.140. The molecule has 1 aromatic heterocycles. The van der Waals surface area contributed by atoms with Crippen LogP contribution in [0.1, 0.15) is 49.9 Å². The predicted octanol–water partition coefficient (Wildman–Crippen LogP) is 2.09. The summed E-state index contributed by atoms with van der Waals surface area (Å²) in [5, 5.41) is 11.6. The first-order valence-corrected chi connectivity index (χ1v) is 6.68. The zero-order chi connectivity index (χ0) is 15.4. The number of rotatable bonds is 5. The van der Waals surface area contributed by atoms with E-state index in [1.165, 1.54) is 6.20 Å². The Morgan fingerprint density at radius 3 is 2.35 bits per heavy atom. The zero-order valence-electron chi connectivity index (χ0n) is 11.8. The molecule has 6 nitrogen and oxygen atoms in total. The van der Waals surface area contributed by atoms with Gasteiger partial charge in [0.15, 0.2) is 0 Å². The van der Waals surface area contributed by atoms with Crippen molar-refractivity contribution in [2.45, 2.75) is 39.7 Å². The number of carboxylic acid groups (broad SMARTS) is 1. The highest BCUT2D eigenvalue weighted by atomic mass is 35.5. The number of halogens is 1. The average molecular weight is 300 g/mol. The fourth-order valence-corrected chi connectivity index (χ4v) is 1.72. The predicted molar refractivity (Wildman–Crippen MR) is 74.9 cm³/mol. The monoisotopic (exact) mass is 299 g/mol. The average Bonchev–Trinajstić information content (AvgIpc) is 2.34. The van der Waals surface area contributed by atoms with Gasteiger partial charge in [-0.15, -0.1) is 0 Å². The van der Waals surface area contributed by atoms with Gasteiger partial charge in [-0.3, -0.25) is 4.79 Å². The number of hydrogen-bond acceptors (Lipinski definition) is 4. The van der Waals surface area contributed by atoms with Gasteiger partial charge in [0, 0.05) is 5.92 Å². The van der Waals surface area contributed by atoms with Crippen molar-refractivity contribution >= 4 is 23.5 Å². The molecule has 110 valence electrons. The molecular weight excluding hydrogens is 282 g/mol. The molecular formula is C13H18ClN3O3. The highest BCUT2D eigenvalue weighted by molar-refractivity contribution is 6.33. The first-order valence-electron chi connectivity index (χ1n) is 6.30. The SMILES string of the molecule is CC(C)c1ncc(Cl)c(C(=O)N[C@@H](C(=O)O)C(C)C)n1. The van der Waals surface area contributed by atoms with E-state index in [2.05, 4.69) is 15.3 Å². The van der Waals surface area contributed by atoms with Gasteiger partial charge in [0.25, 0.3) is 5.91 Å². The molecule has 20 heavy (non-hydrogen) atoms. The summed E-state index contributed by atoms with van der Waals surface area (Å²) in [6.45, 7) is 7.19. The standard InChI is InChI=1S/C13H18ClN3O3/c1-6(2)9(13(19)20)17-12(18)10-8(14)5-15-11(16-10)7(3)4/h5-7,9H,1-4H3,(H,17,18)(H,19,20)/t9-/m1/s1. The molecule has 2 N–H and O–H groups in total. The summed E-state index contributed by atoms with van der Waals surface area (Å²) in [6.07, 6.45) is 1.35. The maximum atomic E-state index is 12.1. The molecule has 1 atom stereocenters. The maximum absolute atomic E-state index is 12.1. The minimum Gasteiger partial charge on any atom is -0.480 e. The number of carbonyl (C=O) groups is 2. The lowest BCUT2D eigenvalue weighted by Gasteiger charge is -2.18. The van der Waals surface area contributed by atoms with Crippen LogP contribution in [0, 0.1) is 5.92 Å². The van der Waals surface area contributed by atoms with Crippen LogP contribution >= 0.6 is 11.6 Å². The van der Waals surface area contributed by atoms with Crippen LogP contribution in [-0.4, -0.2) is 33.0 Å². The normalized spacial score (nSPS) is 12.6. The lowest BCUT2D eigenvalue weighted by Crippen LogP contribution is -2.44. The Hall–Kier alpha value is -1.69. The zero-order valence-corrected chi connectivity index (χ0v) is 12.6. The van der Waals surface area contributed by atoms with Gasteiger partial charge in [0.05, 0.1) is 11.2 Å². The minimum absolute atomic E-state index is 0.00253. The molecule has 0 aliphatic carbocycles. The molecule has 0 bridgehead atoms. The van der Waals surface area contributed by atoms with Crippen LogP contribution in [0.3, 0.4) is 0 Å². The van der Waals surface area contributed by atoms with Crippen molar-refractivity contribution in [2.75, 3.05) is 0 Å². The van der Waals surface area contributed by atoms with E-state index in [9.17, 15) is 9.59 Å². The van der Waals surface area contributed by atoms with E-state index in [-0.39, 0.29) is 22.6 Å². The largest absolute Gasteiger partial charge is 0.480 e. The molecule has 1 rings (SSSR count). The van der Waals surface area contributed by atoms with E-state index in [1.807, 2.05) is 13.8 Å². The van der Waals surface area contributed by atoms with Gasteiger partial charge in [-0.05, 0) is 5.92 Å². The third-order valence-corrected chi connectivity index (χ3v) is 2.99. The van der Waals surface area contributed by atoms with Crippen molar-refractivity contribution in [3.63, 3.8) is 0 Å². The summed E-state index contributed by atoms with van der Waals surface area (Å²) in [7, 11) is 0. The lowest BCUT2D eigenvalue weighted by atomic mass is 10.0. The van der Waals surface area contributed by atoms with Crippen molar-refractivity contribution < 1.29 is 14.7 Å². The smallest absolute Gasteiger partial charge is 0.326 e. The Bertz CT molecular complexity index is 518. The second kappa shape index (κ2) is 6.65. The molecule has 0 radical (unpaired) electrons. The van der Waals surface area contributed by atoms with E-state index < -0.39 is 17.9 Å². The molecule has 0 saturated carbocycles. The van der Waals surface area contributed by atoms with Crippen LogP contribution in [0.2, 0.25) is 5.02 Å². The minimum atomic E-state index is -1.09. The van der Waals surface area contributed by atoms with Crippen LogP contribution in [0.25, 0.3) is 0 Å². The Balaban J connectivity index is 3.02. The highest BCUT2D eigenvalue weighted by Crippen LogP contribution is 2.16. The summed E-state index contributed by atoms with van der Waals surface area (Å²) in [6, 6.07) is -0.990. The quantitative estimate of drug-likeness (QED) is 0.868. The van der Waals surface area contributed by atoms with Gasteiger partial charge in [0.2, 0.25) is 0 Å². The number of carbonyl (C=O) groups excluding carboxylic acids is 1. The maximum Gasteiger partial charge on any atom is 0.326 e. The van der Waals surface area contributed by atoms with E-state index in [0.29, 0.717) is 5.82 Å². The Morgan fingerprint density at radius 1 is 1.30 bits per heavy atom. The number of hydrogen-bond donors (Lipinski definition) is 2. The Kier molecular flexibility index (Phi) is 5.44. The summed E-state index contributed by atoms with van der Waals surface area (Å²) >= 11 is 5.91. The summed E-state index contributed by atoms with van der Waals surface area (Å²) < 4.78 is 0. The third kappa shape index (κ3) is 3.90. The summed E-state index contributed by atoms with van der Waals surface area (Å²) in [5.74, 6) is -1.43. The molecule has 0 saturated heterocycles. The molecule has 1 aromatic rings. The highest BCUT2D eigenvalue weighted by Gasteiger charge is 2.26. The number of nitrogens with zero attached hydrogens (tertiary/aromatic N) is 2. The Morgan fingerprint density at radius 2 is 1.90 bits per heavy atom. The van der Waals surface area contributed by atoms with Gasteiger partial charge in [-0.25, -0.2) is 14.8 Å². The fourth-order valence-electron chi connectivity index (χ4n) is 1.54. The van der Waals surface area contributed by atoms with Crippen molar-refractivity contribution in [1.29, 1.82) is 0 Å². The molecule has 0 aromatic carbocycles. The molecule has 7 heteroatoms. The van der Waals surface area contributed by atoms with Crippen LogP contribution in [-0.2, 0) is 4.79 Å². The molecule has 0 aliphatic rings. The first-order chi connectivity index (χ1) is 9.23. The van der Waals surface area contributed by atoms with Gasteiger partial charge in [-0.1, -0.05) is 39.3 Å². The van der Waals surface area contributed by atoms with Crippen LogP contribution in [0.15, 0.2) is 6.20 Å². The van der Waals surface area contributed by atoms with Crippen LogP contribution in [0.4, 0.5) is 0 Å². The molecule has 1 amide bonds. The van der Waals surface area contributed by atoms with Gasteiger partial charge >= 0.3 is 5.97 Å². The molecule has 0 unspecified atom stereocenters. The molecule has 0 fully saturated rings. The number of carboxylic acids is 1. The Labute approximate surface area is 122 Å². The van der Waals surface area contributed by atoms with E-state index >= 15 is 0 Å². The third-order valence-electron chi connectivity index (χ3n) is 2.71. The second-order valence-electron chi connectivity index (χ2n) is 5.11. The van der Waals surface area contributed by atoms with E-state index in [4.69, 9.17) is 16.7 Å². The van der Waals surface area contributed by atoms with Gasteiger partial charge in [-0.2, -0.15) is 0 Å². The van der Waals surface area contributed by atoms with Gasteiger partial charge in [0.1, 0.15) is 17.6 Å².